The second-order valence-corrected chi connectivity index (χ2v) is 6.46. The third-order valence-electron chi connectivity index (χ3n) is 4.80. The number of aryl methyl sites for hydroxylation is 1. The summed E-state index contributed by atoms with van der Waals surface area (Å²) in [7, 11) is 2.02. The maximum Gasteiger partial charge on any atom is 0.328 e. The van der Waals surface area contributed by atoms with E-state index in [-0.39, 0.29) is 12.5 Å². The first-order valence-electron chi connectivity index (χ1n) is 7.89. The normalized spacial score (nSPS) is 24.1. The maximum absolute atomic E-state index is 13.0. The molecule has 2 aliphatic rings. The van der Waals surface area contributed by atoms with Gasteiger partial charge in [0.1, 0.15) is 5.72 Å². The second-order valence-electron chi connectivity index (χ2n) is 6.46. The number of carboxylic acids is 1. The molecule has 0 aromatic heterocycles. The Morgan fingerprint density at radius 3 is 2.61 bits per heavy atom. The standard InChI is InChI=1S/C17H22N2O4/c1-12-4-3-5-13(10-12)15(20)19-14(16(21)22)11-23-17(19)6-8-18(2)9-7-17/h3-5,10,14H,6-9,11H2,1-2H3,(H,21,22)/t14-/m0/s1. The van der Waals surface area contributed by atoms with E-state index in [4.69, 9.17) is 4.74 Å². The summed E-state index contributed by atoms with van der Waals surface area (Å²) in [5.41, 5.74) is 0.691. The van der Waals surface area contributed by atoms with E-state index in [1.165, 1.54) is 4.90 Å². The number of nitrogens with zero attached hydrogens (tertiary/aromatic N) is 2. The van der Waals surface area contributed by atoms with Crippen LogP contribution in [0.5, 0.6) is 0 Å². The van der Waals surface area contributed by atoms with Gasteiger partial charge in [0, 0.05) is 31.5 Å². The van der Waals surface area contributed by atoms with Crippen LogP contribution >= 0.6 is 0 Å². The van der Waals surface area contributed by atoms with Gasteiger partial charge < -0.3 is 14.7 Å². The predicted molar refractivity (Wildman–Crippen MR) is 84.2 cm³/mol. The van der Waals surface area contributed by atoms with Gasteiger partial charge in [-0.2, -0.15) is 0 Å². The Kier molecular flexibility index (Phi) is 4.12. The van der Waals surface area contributed by atoms with Crippen LogP contribution in [0.25, 0.3) is 0 Å². The number of benzene rings is 1. The van der Waals surface area contributed by atoms with Crippen LogP contribution in [0.3, 0.4) is 0 Å². The topological polar surface area (TPSA) is 70.1 Å². The highest BCUT2D eigenvalue weighted by atomic mass is 16.5. The molecule has 2 saturated heterocycles. The van der Waals surface area contributed by atoms with Crippen LogP contribution in [0.2, 0.25) is 0 Å². The van der Waals surface area contributed by atoms with Crippen LogP contribution < -0.4 is 0 Å². The van der Waals surface area contributed by atoms with E-state index in [2.05, 4.69) is 4.90 Å². The summed E-state index contributed by atoms with van der Waals surface area (Å²) in [6.45, 7) is 3.53. The molecule has 2 fully saturated rings. The number of carbonyl (C=O) groups excluding carboxylic acids is 1. The summed E-state index contributed by atoms with van der Waals surface area (Å²) < 4.78 is 5.89. The molecule has 1 amide bonds. The number of hydrogen-bond acceptors (Lipinski definition) is 4. The molecule has 1 N–H and O–H groups in total. The van der Waals surface area contributed by atoms with E-state index in [0.29, 0.717) is 18.4 Å². The summed E-state index contributed by atoms with van der Waals surface area (Å²) in [5.74, 6) is -1.27. The van der Waals surface area contributed by atoms with Crippen LogP contribution in [-0.4, -0.2) is 65.3 Å². The molecule has 124 valence electrons. The summed E-state index contributed by atoms with van der Waals surface area (Å²) in [4.78, 5) is 28.3. The number of amides is 1. The summed E-state index contributed by atoms with van der Waals surface area (Å²) in [6.07, 6.45) is 1.26. The Morgan fingerprint density at radius 2 is 2.00 bits per heavy atom. The Morgan fingerprint density at radius 1 is 1.30 bits per heavy atom. The lowest BCUT2D eigenvalue weighted by molar-refractivity contribution is -0.143. The van der Waals surface area contributed by atoms with Gasteiger partial charge in [0.05, 0.1) is 6.61 Å². The number of ether oxygens (including phenoxy) is 1. The molecule has 0 radical (unpaired) electrons. The largest absolute Gasteiger partial charge is 0.480 e. The van der Waals surface area contributed by atoms with Crippen molar-refractivity contribution in [1.82, 2.24) is 9.80 Å². The SMILES string of the molecule is Cc1cccc(C(=O)N2[C@H](C(=O)O)COC23CCN(C)CC3)c1. The van der Waals surface area contributed by atoms with Crippen molar-refractivity contribution in [3.8, 4) is 0 Å². The first kappa shape index (κ1) is 16.0. The molecule has 1 aromatic rings. The number of carboxylic acid groups (broad SMARTS) is 1. The monoisotopic (exact) mass is 318 g/mol. The Hall–Kier alpha value is -1.92. The lowest BCUT2D eigenvalue weighted by atomic mass is 9.97. The molecule has 23 heavy (non-hydrogen) atoms. The summed E-state index contributed by atoms with van der Waals surface area (Å²) in [5, 5.41) is 9.52. The lowest BCUT2D eigenvalue weighted by Crippen LogP contribution is -2.57. The molecule has 6 nitrogen and oxygen atoms in total. The minimum atomic E-state index is -1.01. The van der Waals surface area contributed by atoms with E-state index in [0.717, 1.165) is 18.7 Å². The van der Waals surface area contributed by atoms with Crippen molar-refractivity contribution in [1.29, 1.82) is 0 Å². The molecule has 1 atom stereocenters. The predicted octanol–water partition coefficient (Wildman–Crippen LogP) is 1.34. The van der Waals surface area contributed by atoms with E-state index < -0.39 is 17.7 Å². The first-order valence-corrected chi connectivity index (χ1v) is 7.89. The van der Waals surface area contributed by atoms with Crippen molar-refractivity contribution in [3.63, 3.8) is 0 Å². The number of piperidine rings is 1. The highest BCUT2D eigenvalue weighted by molar-refractivity contribution is 5.97. The zero-order valence-corrected chi connectivity index (χ0v) is 13.5. The van der Waals surface area contributed by atoms with Crippen molar-refractivity contribution in [2.75, 3.05) is 26.7 Å². The van der Waals surface area contributed by atoms with Crippen molar-refractivity contribution in [3.05, 3.63) is 35.4 Å². The van der Waals surface area contributed by atoms with E-state index in [9.17, 15) is 14.7 Å². The molecular weight excluding hydrogens is 296 g/mol. The number of carbonyl (C=O) groups is 2. The Bertz CT molecular complexity index is 623. The van der Waals surface area contributed by atoms with Crippen molar-refractivity contribution >= 4 is 11.9 Å². The van der Waals surface area contributed by atoms with Gasteiger partial charge in [0.25, 0.3) is 5.91 Å². The van der Waals surface area contributed by atoms with Crippen LogP contribution in [0.15, 0.2) is 24.3 Å². The molecule has 0 unspecified atom stereocenters. The fourth-order valence-electron chi connectivity index (χ4n) is 3.44. The third-order valence-corrected chi connectivity index (χ3v) is 4.80. The van der Waals surface area contributed by atoms with Crippen molar-refractivity contribution in [2.24, 2.45) is 0 Å². The molecule has 0 aliphatic carbocycles. The van der Waals surface area contributed by atoms with Gasteiger partial charge in [-0.05, 0) is 26.1 Å². The number of aliphatic carboxylic acids is 1. The molecule has 1 spiro atoms. The molecule has 6 heteroatoms. The zero-order valence-electron chi connectivity index (χ0n) is 13.5. The average molecular weight is 318 g/mol. The van der Waals surface area contributed by atoms with E-state index >= 15 is 0 Å². The highest BCUT2D eigenvalue weighted by Crippen LogP contribution is 2.38. The van der Waals surface area contributed by atoms with Crippen molar-refractivity contribution < 1.29 is 19.4 Å². The number of likely N-dealkylation sites (tertiary alicyclic amines) is 1. The van der Waals surface area contributed by atoms with Crippen LogP contribution in [-0.2, 0) is 9.53 Å². The first-order chi connectivity index (χ1) is 10.9. The van der Waals surface area contributed by atoms with Crippen LogP contribution in [0.4, 0.5) is 0 Å². The molecular formula is C17H22N2O4. The summed E-state index contributed by atoms with van der Waals surface area (Å²) in [6, 6.07) is 6.33. The fraction of sp³-hybridized carbons (Fsp3) is 0.529. The number of rotatable bonds is 2. The van der Waals surface area contributed by atoms with Gasteiger partial charge in [-0.25, -0.2) is 4.79 Å². The average Bonchev–Trinajstić information content (AvgIpc) is 2.89. The quantitative estimate of drug-likeness (QED) is 0.891. The molecule has 2 aliphatic heterocycles. The second kappa shape index (κ2) is 5.94. The fourth-order valence-corrected chi connectivity index (χ4v) is 3.44. The Balaban J connectivity index is 1.96. The van der Waals surface area contributed by atoms with Crippen molar-refractivity contribution in [2.45, 2.75) is 31.5 Å². The van der Waals surface area contributed by atoms with Gasteiger partial charge in [-0.15, -0.1) is 0 Å². The molecule has 0 bridgehead atoms. The molecule has 3 rings (SSSR count). The van der Waals surface area contributed by atoms with Gasteiger partial charge in [0.15, 0.2) is 6.04 Å². The zero-order chi connectivity index (χ0) is 16.6. The Labute approximate surface area is 135 Å². The molecule has 2 heterocycles. The third kappa shape index (κ3) is 2.84. The van der Waals surface area contributed by atoms with Crippen LogP contribution in [0, 0.1) is 6.92 Å². The van der Waals surface area contributed by atoms with E-state index in [1.807, 2.05) is 26.1 Å². The highest BCUT2D eigenvalue weighted by Gasteiger charge is 2.53. The minimum absolute atomic E-state index is 0.0522. The number of hydrogen-bond donors (Lipinski definition) is 1. The summed E-state index contributed by atoms with van der Waals surface area (Å²) >= 11 is 0. The van der Waals surface area contributed by atoms with Gasteiger partial charge in [0.2, 0.25) is 0 Å². The molecule has 0 saturated carbocycles. The van der Waals surface area contributed by atoms with Gasteiger partial charge >= 0.3 is 5.97 Å². The molecule has 1 aromatic carbocycles. The van der Waals surface area contributed by atoms with Gasteiger partial charge in [-0.3, -0.25) is 9.69 Å². The van der Waals surface area contributed by atoms with E-state index in [1.54, 1.807) is 12.1 Å². The minimum Gasteiger partial charge on any atom is -0.480 e. The lowest BCUT2D eigenvalue weighted by Gasteiger charge is -2.43. The smallest absolute Gasteiger partial charge is 0.328 e. The van der Waals surface area contributed by atoms with Gasteiger partial charge in [-0.1, -0.05) is 17.7 Å². The van der Waals surface area contributed by atoms with Crippen LogP contribution in [0.1, 0.15) is 28.8 Å². The maximum atomic E-state index is 13.0.